The Hall–Kier alpha value is -0.720. The summed E-state index contributed by atoms with van der Waals surface area (Å²) in [6.07, 6.45) is 0.508. The number of amides is 1. The molecule has 20 heavy (non-hydrogen) atoms. The molecule has 5 nitrogen and oxygen atoms in total. The van der Waals surface area contributed by atoms with E-state index >= 15 is 0 Å². The van der Waals surface area contributed by atoms with Gasteiger partial charge in [0.05, 0.1) is 32.5 Å². The van der Waals surface area contributed by atoms with Crippen LogP contribution in [0.2, 0.25) is 0 Å². The zero-order valence-corrected chi connectivity index (χ0v) is 12.8. The maximum absolute atomic E-state index is 13.0. The van der Waals surface area contributed by atoms with Gasteiger partial charge in [-0.2, -0.15) is 0 Å². The van der Waals surface area contributed by atoms with Crippen LogP contribution in [-0.2, 0) is 19.0 Å². The van der Waals surface area contributed by atoms with Gasteiger partial charge in [0.2, 0.25) is 5.91 Å². The molecule has 1 atom stereocenters. The molecule has 6 heteroatoms. The summed E-state index contributed by atoms with van der Waals surface area (Å²) in [6, 6.07) is 0. The topological polar surface area (TPSA) is 56.8 Å². The highest BCUT2D eigenvalue weighted by atomic mass is 19.1. The molecule has 0 aromatic heterocycles. The van der Waals surface area contributed by atoms with Crippen molar-refractivity contribution in [2.24, 2.45) is 0 Å². The number of hydrogen-bond donors (Lipinski definition) is 1. The molecule has 0 fully saturated rings. The number of rotatable bonds is 13. The van der Waals surface area contributed by atoms with Crippen LogP contribution in [0.4, 0.5) is 4.39 Å². The van der Waals surface area contributed by atoms with Gasteiger partial charge in [0, 0.05) is 6.54 Å². The maximum Gasteiger partial charge on any atom is 0.246 e. The Bertz CT molecular complexity index is 239. The normalized spacial score (nSPS) is 12.7. The standard InChI is InChI=1S/C14H28FNO4/c1-4-5-13(15)10-19-9-8-18-7-6-16-14(17)11-20-12(2)3/h12-13H,4-11H2,1-3H3,(H,16,17). The van der Waals surface area contributed by atoms with E-state index in [2.05, 4.69) is 5.32 Å². The summed E-state index contributed by atoms with van der Waals surface area (Å²) in [7, 11) is 0. The Kier molecular flexibility index (Phi) is 12.8. The highest BCUT2D eigenvalue weighted by Gasteiger charge is 2.04. The van der Waals surface area contributed by atoms with Crippen LogP contribution in [0.3, 0.4) is 0 Å². The lowest BCUT2D eigenvalue weighted by Gasteiger charge is -2.10. The Morgan fingerprint density at radius 3 is 2.55 bits per heavy atom. The van der Waals surface area contributed by atoms with Gasteiger partial charge in [-0.25, -0.2) is 4.39 Å². The first-order valence-electron chi connectivity index (χ1n) is 7.24. The number of carbonyl (C=O) groups is 1. The molecule has 0 aliphatic heterocycles. The number of nitrogens with one attached hydrogen (secondary N) is 1. The third-order valence-electron chi connectivity index (χ3n) is 2.39. The Balaban J connectivity index is 3.22. The molecule has 1 N–H and O–H groups in total. The molecule has 0 heterocycles. The third-order valence-corrected chi connectivity index (χ3v) is 2.39. The van der Waals surface area contributed by atoms with Crippen molar-refractivity contribution in [3.8, 4) is 0 Å². The van der Waals surface area contributed by atoms with Gasteiger partial charge in [-0.15, -0.1) is 0 Å². The number of ether oxygens (including phenoxy) is 3. The van der Waals surface area contributed by atoms with E-state index in [1.807, 2.05) is 20.8 Å². The minimum absolute atomic E-state index is 0.0428. The lowest BCUT2D eigenvalue weighted by molar-refractivity contribution is -0.127. The average Bonchev–Trinajstić information content (AvgIpc) is 2.39. The highest BCUT2D eigenvalue weighted by Crippen LogP contribution is 2.01. The van der Waals surface area contributed by atoms with Gasteiger partial charge < -0.3 is 19.5 Å². The number of halogens is 1. The minimum atomic E-state index is -0.889. The van der Waals surface area contributed by atoms with Crippen LogP contribution in [0.15, 0.2) is 0 Å². The van der Waals surface area contributed by atoms with Crippen LogP contribution in [0, 0.1) is 0 Å². The van der Waals surface area contributed by atoms with E-state index in [1.54, 1.807) is 0 Å². The summed E-state index contributed by atoms with van der Waals surface area (Å²) in [5.74, 6) is -0.154. The molecule has 0 aromatic carbocycles. The number of hydrogen-bond acceptors (Lipinski definition) is 4. The first-order chi connectivity index (χ1) is 9.56. The Morgan fingerprint density at radius 1 is 1.20 bits per heavy atom. The maximum atomic E-state index is 13.0. The molecule has 0 spiro atoms. The summed E-state index contributed by atoms with van der Waals surface area (Å²) in [6.45, 7) is 7.49. The molecule has 0 rings (SSSR count). The molecule has 0 saturated heterocycles. The van der Waals surface area contributed by atoms with Gasteiger partial charge in [0.25, 0.3) is 0 Å². The molecule has 0 aromatic rings. The van der Waals surface area contributed by atoms with Crippen LogP contribution in [-0.4, -0.2) is 57.8 Å². The lowest BCUT2D eigenvalue weighted by Crippen LogP contribution is -2.31. The monoisotopic (exact) mass is 293 g/mol. The molecule has 120 valence electrons. The Morgan fingerprint density at radius 2 is 1.90 bits per heavy atom. The second kappa shape index (κ2) is 13.3. The molecule has 1 amide bonds. The molecule has 1 unspecified atom stereocenters. The van der Waals surface area contributed by atoms with E-state index in [-0.39, 0.29) is 25.2 Å². The fourth-order valence-corrected chi connectivity index (χ4v) is 1.38. The summed E-state index contributed by atoms with van der Waals surface area (Å²) in [5, 5.41) is 2.67. The molecule has 0 radical (unpaired) electrons. The van der Waals surface area contributed by atoms with E-state index in [4.69, 9.17) is 14.2 Å². The minimum Gasteiger partial charge on any atom is -0.377 e. The quantitative estimate of drug-likeness (QED) is 0.525. The summed E-state index contributed by atoms with van der Waals surface area (Å²) < 4.78 is 28.6. The van der Waals surface area contributed by atoms with Crippen LogP contribution in [0.5, 0.6) is 0 Å². The molecule has 0 aliphatic rings. The summed E-state index contributed by atoms with van der Waals surface area (Å²) in [4.78, 5) is 11.3. The third kappa shape index (κ3) is 13.7. The van der Waals surface area contributed by atoms with Crippen molar-refractivity contribution in [2.75, 3.05) is 39.6 Å². The van der Waals surface area contributed by atoms with Crippen molar-refractivity contribution in [3.05, 3.63) is 0 Å². The number of alkyl halides is 1. The zero-order chi connectivity index (χ0) is 15.2. The smallest absolute Gasteiger partial charge is 0.246 e. The van der Waals surface area contributed by atoms with Crippen LogP contribution in [0.25, 0.3) is 0 Å². The van der Waals surface area contributed by atoms with Gasteiger partial charge in [-0.3, -0.25) is 4.79 Å². The second-order valence-electron chi connectivity index (χ2n) is 4.78. The van der Waals surface area contributed by atoms with Crippen LogP contribution in [0.1, 0.15) is 33.6 Å². The molecule has 0 bridgehead atoms. The van der Waals surface area contributed by atoms with E-state index in [9.17, 15) is 9.18 Å². The fraction of sp³-hybridized carbons (Fsp3) is 0.929. The molecular weight excluding hydrogens is 265 g/mol. The van der Waals surface area contributed by atoms with Crippen molar-refractivity contribution in [1.82, 2.24) is 5.32 Å². The van der Waals surface area contributed by atoms with E-state index in [0.717, 1.165) is 6.42 Å². The molecule has 0 aliphatic carbocycles. The highest BCUT2D eigenvalue weighted by molar-refractivity contribution is 5.77. The van der Waals surface area contributed by atoms with E-state index < -0.39 is 6.17 Å². The summed E-state index contributed by atoms with van der Waals surface area (Å²) in [5.41, 5.74) is 0. The first-order valence-corrected chi connectivity index (χ1v) is 7.24. The second-order valence-corrected chi connectivity index (χ2v) is 4.78. The summed E-state index contributed by atoms with van der Waals surface area (Å²) >= 11 is 0. The van der Waals surface area contributed by atoms with Crippen molar-refractivity contribution < 1.29 is 23.4 Å². The zero-order valence-electron chi connectivity index (χ0n) is 12.8. The van der Waals surface area contributed by atoms with Gasteiger partial charge in [0.1, 0.15) is 12.8 Å². The predicted octanol–water partition coefficient (Wildman–Crippen LogP) is 1.70. The van der Waals surface area contributed by atoms with Crippen molar-refractivity contribution >= 4 is 5.91 Å². The first kappa shape index (κ1) is 19.3. The van der Waals surface area contributed by atoms with Crippen molar-refractivity contribution in [3.63, 3.8) is 0 Å². The SMILES string of the molecule is CCCC(F)COCCOCCNC(=O)COC(C)C. The lowest BCUT2D eigenvalue weighted by atomic mass is 10.2. The van der Waals surface area contributed by atoms with Crippen molar-refractivity contribution in [2.45, 2.75) is 45.9 Å². The van der Waals surface area contributed by atoms with Crippen molar-refractivity contribution in [1.29, 1.82) is 0 Å². The molecule has 0 saturated carbocycles. The van der Waals surface area contributed by atoms with E-state index in [1.165, 1.54) is 0 Å². The predicted molar refractivity (Wildman–Crippen MR) is 75.5 cm³/mol. The number of carbonyl (C=O) groups excluding carboxylic acids is 1. The van der Waals surface area contributed by atoms with Crippen LogP contribution < -0.4 is 5.32 Å². The van der Waals surface area contributed by atoms with Gasteiger partial charge >= 0.3 is 0 Å². The van der Waals surface area contributed by atoms with E-state index in [0.29, 0.717) is 32.8 Å². The fourth-order valence-electron chi connectivity index (χ4n) is 1.38. The van der Waals surface area contributed by atoms with Gasteiger partial charge in [0.15, 0.2) is 0 Å². The Labute approximate surface area is 121 Å². The molecular formula is C14H28FNO4. The average molecular weight is 293 g/mol. The largest absolute Gasteiger partial charge is 0.377 e. The van der Waals surface area contributed by atoms with Gasteiger partial charge in [-0.1, -0.05) is 13.3 Å². The van der Waals surface area contributed by atoms with Gasteiger partial charge in [-0.05, 0) is 20.3 Å². The van der Waals surface area contributed by atoms with Crippen LogP contribution >= 0.6 is 0 Å².